The van der Waals surface area contributed by atoms with Gasteiger partial charge in [0.05, 0.1) is 13.2 Å². The van der Waals surface area contributed by atoms with Gasteiger partial charge in [-0.2, -0.15) is 0 Å². The molecule has 2 heterocycles. The number of morpholine rings is 1. The average Bonchev–Trinajstić information content (AvgIpc) is 3.08. The highest BCUT2D eigenvalue weighted by molar-refractivity contribution is 7.13. The Morgan fingerprint density at radius 2 is 1.92 bits per heavy atom. The molecule has 1 aliphatic heterocycles. The van der Waals surface area contributed by atoms with Crippen molar-refractivity contribution in [2.75, 3.05) is 31.2 Å². The number of carbonyl (C=O) groups excluding carboxylic acids is 3. The van der Waals surface area contributed by atoms with Crippen molar-refractivity contribution >= 4 is 34.2 Å². The van der Waals surface area contributed by atoms with E-state index >= 15 is 0 Å². The van der Waals surface area contributed by atoms with E-state index in [0.29, 0.717) is 13.2 Å². The molecular formula is C15H23N5O4S. The van der Waals surface area contributed by atoms with Gasteiger partial charge in [0.1, 0.15) is 11.7 Å². The zero-order chi connectivity index (χ0) is 18.4. The van der Waals surface area contributed by atoms with Gasteiger partial charge >= 0.3 is 0 Å². The number of thiazole rings is 1. The maximum Gasteiger partial charge on any atom is 0.289 e. The number of hydrazine groups is 1. The van der Waals surface area contributed by atoms with Gasteiger partial charge in [0.15, 0.2) is 5.13 Å². The van der Waals surface area contributed by atoms with Crippen molar-refractivity contribution in [2.24, 2.45) is 5.92 Å². The van der Waals surface area contributed by atoms with Crippen LogP contribution in [-0.4, -0.2) is 55.1 Å². The summed E-state index contributed by atoms with van der Waals surface area (Å²) in [5.74, 6) is -1.42. The fraction of sp³-hybridized carbons (Fsp3) is 0.600. The van der Waals surface area contributed by atoms with Crippen molar-refractivity contribution < 1.29 is 19.1 Å². The number of amides is 3. The number of anilines is 1. The second kappa shape index (κ2) is 8.77. The highest BCUT2D eigenvalue weighted by Crippen LogP contribution is 2.21. The first-order chi connectivity index (χ1) is 11.9. The van der Waals surface area contributed by atoms with Crippen molar-refractivity contribution in [1.82, 2.24) is 21.2 Å². The lowest BCUT2D eigenvalue weighted by Crippen LogP contribution is -2.54. The van der Waals surface area contributed by atoms with E-state index in [-0.39, 0.29) is 17.5 Å². The lowest BCUT2D eigenvalue weighted by molar-refractivity contribution is -0.129. The first-order valence-corrected chi connectivity index (χ1v) is 8.92. The van der Waals surface area contributed by atoms with E-state index in [1.54, 1.807) is 19.2 Å². The van der Waals surface area contributed by atoms with E-state index in [1.807, 2.05) is 0 Å². The van der Waals surface area contributed by atoms with Crippen LogP contribution >= 0.6 is 11.3 Å². The summed E-state index contributed by atoms with van der Waals surface area (Å²) < 4.78 is 5.29. The van der Waals surface area contributed by atoms with Gasteiger partial charge in [-0.25, -0.2) is 4.98 Å². The van der Waals surface area contributed by atoms with Crippen molar-refractivity contribution in [3.63, 3.8) is 0 Å². The quantitative estimate of drug-likeness (QED) is 0.625. The Labute approximate surface area is 150 Å². The lowest BCUT2D eigenvalue weighted by Gasteiger charge is -2.25. The predicted octanol–water partition coefficient (Wildman–Crippen LogP) is -0.0986. The molecule has 0 spiro atoms. The van der Waals surface area contributed by atoms with Gasteiger partial charge < -0.3 is 15.0 Å². The molecular weight excluding hydrogens is 346 g/mol. The van der Waals surface area contributed by atoms with E-state index in [9.17, 15) is 14.4 Å². The van der Waals surface area contributed by atoms with Crippen LogP contribution in [0.3, 0.4) is 0 Å². The zero-order valence-corrected chi connectivity index (χ0v) is 15.3. The Kier molecular flexibility index (Phi) is 6.71. The monoisotopic (exact) mass is 369 g/mol. The summed E-state index contributed by atoms with van der Waals surface area (Å²) in [5.41, 5.74) is 4.90. The SMILES string of the molecule is CC(=O)N[C@@H](C(=O)NNC(=O)c1csc(N2CCOCC2)n1)C(C)C. The first kappa shape index (κ1) is 19.1. The largest absolute Gasteiger partial charge is 0.378 e. The molecule has 0 aromatic carbocycles. The Hall–Kier alpha value is -2.20. The number of nitrogens with zero attached hydrogens (tertiary/aromatic N) is 2. The minimum absolute atomic E-state index is 0.118. The summed E-state index contributed by atoms with van der Waals surface area (Å²) in [6, 6.07) is -0.725. The van der Waals surface area contributed by atoms with E-state index in [0.717, 1.165) is 18.2 Å². The Balaban J connectivity index is 1.90. The van der Waals surface area contributed by atoms with Crippen LogP contribution in [0.2, 0.25) is 0 Å². The maximum atomic E-state index is 12.1. The summed E-state index contributed by atoms with van der Waals surface area (Å²) in [7, 11) is 0. The fourth-order valence-corrected chi connectivity index (χ4v) is 3.14. The molecule has 1 atom stereocenters. The van der Waals surface area contributed by atoms with Crippen LogP contribution in [0, 0.1) is 5.92 Å². The zero-order valence-electron chi connectivity index (χ0n) is 14.5. The van der Waals surface area contributed by atoms with E-state index in [1.165, 1.54) is 18.3 Å². The third-order valence-corrected chi connectivity index (χ3v) is 4.51. The van der Waals surface area contributed by atoms with Crippen molar-refractivity contribution in [3.8, 4) is 0 Å². The minimum Gasteiger partial charge on any atom is -0.378 e. The summed E-state index contributed by atoms with van der Waals surface area (Å²) in [6.07, 6.45) is 0. The van der Waals surface area contributed by atoms with Gasteiger partial charge in [-0.15, -0.1) is 11.3 Å². The van der Waals surface area contributed by atoms with Gasteiger partial charge in [0.25, 0.3) is 11.8 Å². The van der Waals surface area contributed by atoms with Crippen LogP contribution < -0.4 is 21.1 Å². The molecule has 0 bridgehead atoms. The van der Waals surface area contributed by atoms with Gasteiger partial charge in [-0.1, -0.05) is 13.8 Å². The second-order valence-electron chi connectivity index (χ2n) is 5.98. The van der Waals surface area contributed by atoms with Crippen molar-refractivity contribution in [1.29, 1.82) is 0 Å². The molecule has 10 heteroatoms. The number of aromatic nitrogens is 1. The summed E-state index contributed by atoms with van der Waals surface area (Å²) in [4.78, 5) is 41.8. The highest BCUT2D eigenvalue weighted by Gasteiger charge is 2.24. The third kappa shape index (κ3) is 5.40. The Morgan fingerprint density at radius 3 is 2.52 bits per heavy atom. The number of ether oxygens (including phenoxy) is 1. The van der Waals surface area contributed by atoms with Gasteiger partial charge in [0.2, 0.25) is 5.91 Å². The van der Waals surface area contributed by atoms with Crippen LogP contribution in [0.5, 0.6) is 0 Å². The minimum atomic E-state index is -0.725. The molecule has 1 aromatic heterocycles. The normalized spacial score (nSPS) is 15.6. The number of nitrogens with one attached hydrogen (secondary N) is 3. The molecule has 3 amide bonds. The molecule has 1 saturated heterocycles. The summed E-state index contributed by atoms with van der Waals surface area (Å²) >= 11 is 1.37. The molecule has 1 aromatic rings. The lowest BCUT2D eigenvalue weighted by atomic mass is 10.0. The molecule has 0 radical (unpaired) electrons. The second-order valence-corrected chi connectivity index (χ2v) is 6.82. The van der Waals surface area contributed by atoms with Gasteiger partial charge in [0, 0.05) is 25.4 Å². The topological polar surface area (TPSA) is 113 Å². The van der Waals surface area contributed by atoms with Crippen molar-refractivity contribution in [2.45, 2.75) is 26.8 Å². The smallest absolute Gasteiger partial charge is 0.289 e. The molecule has 25 heavy (non-hydrogen) atoms. The molecule has 0 saturated carbocycles. The summed E-state index contributed by atoms with van der Waals surface area (Å²) in [5, 5.41) is 4.94. The third-order valence-electron chi connectivity index (χ3n) is 3.61. The number of rotatable bonds is 5. The van der Waals surface area contributed by atoms with Crippen molar-refractivity contribution in [3.05, 3.63) is 11.1 Å². The van der Waals surface area contributed by atoms with Crippen LogP contribution in [-0.2, 0) is 14.3 Å². The molecule has 3 N–H and O–H groups in total. The molecule has 1 aliphatic rings. The highest BCUT2D eigenvalue weighted by atomic mass is 32.1. The molecule has 9 nitrogen and oxygen atoms in total. The molecule has 0 unspecified atom stereocenters. The van der Waals surface area contributed by atoms with Crippen LogP contribution in [0.25, 0.3) is 0 Å². The van der Waals surface area contributed by atoms with Crippen LogP contribution in [0.15, 0.2) is 5.38 Å². The van der Waals surface area contributed by atoms with E-state index < -0.39 is 17.9 Å². The van der Waals surface area contributed by atoms with Gasteiger partial charge in [-0.05, 0) is 5.92 Å². The number of carbonyl (C=O) groups is 3. The average molecular weight is 369 g/mol. The standard InChI is InChI=1S/C15H23N5O4S/c1-9(2)12(16-10(3)21)14(23)19-18-13(22)11-8-25-15(17-11)20-4-6-24-7-5-20/h8-9,12H,4-7H2,1-3H3,(H,16,21)(H,18,22)(H,19,23)/t12-/m1/s1. The maximum absolute atomic E-state index is 12.1. The predicted molar refractivity (Wildman–Crippen MR) is 93.2 cm³/mol. The molecule has 0 aliphatic carbocycles. The number of hydrogen-bond acceptors (Lipinski definition) is 7. The molecule has 2 rings (SSSR count). The number of hydrogen-bond donors (Lipinski definition) is 3. The Morgan fingerprint density at radius 1 is 1.24 bits per heavy atom. The summed E-state index contributed by atoms with van der Waals surface area (Å²) in [6.45, 7) is 7.68. The van der Waals surface area contributed by atoms with Crippen LogP contribution in [0.4, 0.5) is 5.13 Å². The first-order valence-electron chi connectivity index (χ1n) is 8.04. The van der Waals surface area contributed by atoms with Gasteiger partial charge in [-0.3, -0.25) is 25.2 Å². The van der Waals surface area contributed by atoms with Crippen LogP contribution in [0.1, 0.15) is 31.3 Å². The Bertz CT molecular complexity index is 627. The van der Waals surface area contributed by atoms with E-state index in [4.69, 9.17) is 4.74 Å². The fourth-order valence-electron chi connectivity index (χ4n) is 2.28. The van der Waals surface area contributed by atoms with E-state index in [2.05, 4.69) is 26.1 Å². The molecule has 138 valence electrons. The molecule has 1 fully saturated rings.